The number of hydrogen-bond acceptors (Lipinski definition) is 5. The molecule has 0 unspecified atom stereocenters. The normalized spacial score (nSPS) is 11.4. The van der Waals surface area contributed by atoms with Gasteiger partial charge in [-0.3, -0.25) is 0 Å². The summed E-state index contributed by atoms with van der Waals surface area (Å²) in [7, 11) is 0. The molecule has 1 aromatic rings. The summed E-state index contributed by atoms with van der Waals surface area (Å²) in [6.45, 7) is 9.28. The van der Waals surface area contributed by atoms with Crippen LogP contribution in [-0.4, -0.2) is 46.5 Å². The fourth-order valence-electron chi connectivity index (χ4n) is 1.76. The molecule has 5 heteroatoms. The summed E-state index contributed by atoms with van der Waals surface area (Å²) in [5.41, 5.74) is 1.99. The van der Waals surface area contributed by atoms with Crippen molar-refractivity contribution in [2.24, 2.45) is 0 Å². The maximum Gasteiger partial charge on any atom is 0.225 e. The van der Waals surface area contributed by atoms with E-state index in [2.05, 4.69) is 37.7 Å². The maximum atomic E-state index is 9.10. The molecule has 0 saturated carbocycles. The number of aliphatic hydroxyl groups excluding tert-OH is 2. The number of aliphatic hydroxyl groups is 2. The molecule has 19 heavy (non-hydrogen) atoms. The van der Waals surface area contributed by atoms with Gasteiger partial charge >= 0.3 is 0 Å². The van der Waals surface area contributed by atoms with Crippen molar-refractivity contribution in [2.75, 3.05) is 31.2 Å². The third-order valence-electron chi connectivity index (χ3n) is 2.96. The summed E-state index contributed by atoms with van der Waals surface area (Å²) < 4.78 is 0. The van der Waals surface area contributed by atoms with Gasteiger partial charge in [0.05, 0.1) is 13.2 Å². The van der Waals surface area contributed by atoms with Crippen molar-refractivity contribution in [1.82, 2.24) is 9.97 Å². The van der Waals surface area contributed by atoms with Crippen LogP contribution in [0, 0.1) is 0 Å². The minimum absolute atomic E-state index is 0.0201. The summed E-state index contributed by atoms with van der Waals surface area (Å²) in [6, 6.07) is 2.04. The van der Waals surface area contributed by atoms with E-state index in [0.717, 1.165) is 11.4 Å². The van der Waals surface area contributed by atoms with Crippen LogP contribution in [0.5, 0.6) is 0 Å². The molecule has 0 atom stereocenters. The van der Waals surface area contributed by atoms with Crippen LogP contribution in [0.1, 0.15) is 50.9 Å². The highest BCUT2D eigenvalue weighted by Gasteiger charge is 2.14. The minimum atomic E-state index is 0.0201. The van der Waals surface area contributed by atoms with Crippen LogP contribution in [0.25, 0.3) is 0 Å². The molecule has 0 radical (unpaired) electrons. The molecule has 0 aliphatic carbocycles. The van der Waals surface area contributed by atoms with Crippen LogP contribution < -0.4 is 4.90 Å². The fraction of sp³-hybridized carbons (Fsp3) is 0.714. The van der Waals surface area contributed by atoms with Crippen molar-refractivity contribution in [3.8, 4) is 0 Å². The summed E-state index contributed by atoms with van der Waals surface area (Å²) in [5, 5.41) is 18.2. The molecule has 0 fully saturated rings. The minimum Gasteiger partial charge on any atom is -0.395 e. The lowest BCUT2D eigenvalue weighted by atomic mass is 10.1. The van der Waals surface area contributed by atoms with Crippen molar-refractivity contribution in [3.05, 3.63) is 17.5 Å². The fourth-order valence-corrected chi connectivity index (χ4v) is 1.76. The molecule has 0 aromatic carbocycles. The summed E-state index contributed by atoms with van der Waals surface area (Å²) in [4.78, 5) is 10.9. The molecule has 1 heterocycles. The first-order valence-electron chi connectivity index (χ1n) is 6.85. The van der Waals surface area contributed by atoms with Gasteiger partial charge in [0.25, 0.3) is 0 Å². The summed E-state index contributed by atoms with van der Waals surface area (Å²) >= 11 is 0. The average molecular weight is 267 g/mol. The van der Waals surface area contributed by atoms with Crippen LogP contribution in [0.2, 0.25) is 0 Å². The molecule has 0 bridgehead atoms. The van der Waals surface area contributed by atoms with Crippen LogP contribution in [0.15, 0.2) is 6.07 Å². The van der Waals surface area contributed by atoms with Crippen LogP contribution >= 0.6 is 0 Å². The third-order valence-corrected chi connectivity index (χ3v) is 2.96. The highest BCUT2D eigenvalue weighted by atomic mass is 16.3. The second-order valence-corrected chi connectivity index (χ2v) is 5.26. The molecule has 0 aliphatic heterocycles. The lowest BCUT2D eigenvalue weighted by molar-refractivity contribution is 0.280. The Labute approximate surface area is 115 Å². The molecule has 1 rings (SSSR count). The van der Waals surface area contributed by atoms with Gasteiger partial charge in [-0.15, -0.1) is 0 Å². The monoisotopic (exact) mass is 267 g/mol. The van der Waals surface area contributed by atoms with Gasteiger partial charge in [-0.1, -0.05) is 27.7 Å². The standard InChI is InChI=1S/C14H25N3O2/c1-10(2)12-9-13(11(3)4)16-14(15-12)17(5-7-18)6-8-19/h9-11,18-19H,5-8H2,1-4H3. The van der Waals surface area contributed by atoms with Crippen molar-refractivity contribution in [1.29, 1.82) is 0 Å². The second-order valence-electron chi connectivity index (χ2n) is 5.26. The van der Waals surface area contributed by atoms with Crippen molar-refractivity contribution in [2.45, 2.75) is 39.5 Å². The number of anilines is 1. The van der Waals surface area contributed by atoms with Crippen molar-refractivity contribution < 1.29 is 10.2 Å². The Morgan fingerprint density at radius 2 is 1.37 bits per heavy atom. The van der Waals surface area contributed by atoms with Gasteiger partial charge in [0.15, 0.2) is 0 Å². The van der Waals surface area contributed by atoms with E-state index in [9.17, 15) is 0 Å². The molecule has 1 aromatic heterocycles. The Morgan fingerprint density at radius 1 is 0.947 bits per heavy atom. The molecule has 0 saturated heterocycles. The lowest BCUT2D eigenvalue weighted by Gasteiger charge is -2.23. The highest BCUT2D eigenvalue weighted by Crippen LogP contribution is 2.21. The second kappa shape index (κ2) is 7.40. The molecule has 108 valence electrons. The predicted octanol–water partition coefficient (Wildman–Crippen LogP) is 1.51. The Kier molecular flexibility index (Phi) is 6.18. The van der Waals surface area contributed by atoms with Gasteiger partial charge in [-0.05, 0) is 17.9 Å². The van der Waals surface area contributed by atoms with Gasteiger partial charge in [-0.2, -0.15) is 0 Å². The Hall–Kier alpha value is -1.20. The van der Waals surface area contributed by atoms with E-state index in [-0.39, 0.29) is 13.2 Å². The predicted molar refractivity (Wildman–Crippen MR) is 76.6 cm³/mol. The SMILES string of the molecule is CC(C)c1cc(C(C)C)nc(N(CCO)CCO)n1. The van der Waals surface area contributed by atoms with Crippen molar-refractivity contribution >= 4 is 5.95 Å². The van der Waals surface area contributed by atoms with Gasteiger partial charge in [-0.25, -0.2) is 9.97 Å². The Morgan fingerprint density at radius 3 is 1.68 bits per heavy atom. The molecule has 0 spiro atoms. The van der Waals surface area contributed by atoms with Gasteiger partial charge in [0, 0.05) is 24.5 Å². The molecule has 0 aliphatic rings. The van der Waals surface area contributed by atoms with Gasteiger partial charge in [0.1, 0.15) is 0 Å². The van der Waals surface area contributed by atoms with Crippen LogP contribution in [0.4, 0.5) is 5.95 Å². The zero-order valence-corrected chi connectivity index (χ0v) is 12.3. The Balaban J connectivity index is 3.15. The van der Waals surface area contributed by atoms with E-state index < -0.39 is 0 Å². The lowest BCUT2D eigenvalue weighted by Crippen LogP contribution is -2.32. The average Bonchev–Trinajstić information content (AvgIpc) is 2.37. The van der Waals surface area contributed by atoms with E-state index in [0.29, 0.717) is 30.9 Å². The number of hydrogen-bond donors (Lipinski definition) is 2. The molecular weight excluding hydrogens is 242 g/mol. The number of rotatable bonds is 7. The summed E-state index contributed by atoms with van der Waals surface area (Å²) in [6.07, 6.45) is 0. The number of nitrogens with zero attached hydrogens (tertiary/aromatic N) is 3. The maximum absolute atomic E-state index is 9.10. The van der Waals surface area contributed by atoms with E-state index in [1.807, 2.05) is 11.0 Å². The first kappa shape index (κ1) is 15.9. The van der Waals surface area contributed by atoms with Crippen LogP contribution in [0.3, 0.4) is 0 Å². The first-order chi connectivity index (χ1) is 8.99. The quantitative estimate of drug-likeness (QED) is 0.784. The van der Waals surface area contributed by atoms with E-state index >= 15 is 0 Å². The van der Waals surface area contributed by atoms with Gasteiger partial charge in [0.2, 0.25) is 5.95 Å². The smallest absolute Gasteiger partial charge is 0.225 e. The topological polar surface area (TPSA) is 69.5 Å². The molecule has 0 amide bonds. The first-order valence-corrected chi connectivity index (χ1v) is 6.85. The van der Waals surface area contributed by atoms with Gasteiger partial charge < -0.3 is 15.1 Å². The molecule has 5 nitrogen and oxygen atoms in total. The zero-order chi connectivity index (χ0) is 14.4. The largest absolute Gasteiger partial charge is 0.395 e. The number of aromatic nitrogens is 2. The van der Waals surface area contributed by atoms with E-state index in [4.69, 9.17) is 10.2 Å². The zero-order valence-electron chi connectivity index (χ0n) is 12.3. The Bertz CT molecular complexity index is 362. The van der Waals surface area contributed by atoms with Crippen LogP contribution in [-0.2, 0) is 0 Å². The highest BCUT2D eigenvalue weighted by molar-refractivity contribution is 5.34. The van der Waals surface area contributed by atoms with Crippen molar-refractivity contribution in [3.63, 3.8) is 0 Å². The molecular formula is C14H25N3O2. The summed E-state index contributed by atoms with van der Waals surface area (Å²) in [5.74, 6) is 1.24. The molecule has 2 N–H and O–H groups in total. The van der Waals surface area contributed by atoms with E-state index in [1.54, 1.807) is 0 Å². The third kappa shape index (κ3) is 4.44. The van der Waals surface area contributed by atoms with E-state index in [1.165, 1.54) is 0 Å².